The van der Waals surface area contributed by atoms with Crippen molar-refractivity contribution in [1.82, 2.24) is 10.2 Å². The molecule has 0 aromatic carbocycles. The van der Waals surface area contributed by atoms with Gasteiger partial charge in [-0.25, -0.2) is 0 Å². The molecule has 1 aliphatic heterocycles. The highest BCUT2D eigenvalue weighted by Crippen LogP contribution is 2.20. The maximum atomic E-state index is 6.03. The Morgan fingerprint density at radius 1 is 1.24 bits per heavy atom. The van der Waals surface area contributed by atoms with Gasteiger partial charge in [-0.15, -0.1) is 24.8 Å². The molecule has 0 atom stereocenters. The lowest BCUT2D eigenvalue weighted by Gasteiger charge is -2.35. The molecule has 3 N–H and O–H groups in total. The van der Waals surface area contributed by atoms with E-state index in [0.717, 1.165) is 19.0 Å². The van der Waals surface area contributed by atoms with E-state index in [2.05, 4.69) is 24.1 Å². The Bertz CT molecular complexity index is 175. The first-order chi connectivity index (χ1) is 7.01. The predicted octanol–water partition coefficient (Wildman–Crippen LogP) is 1.89. The summed E-state index contributed by atoms with van der Waals surface area (Å²) in [6.45, 7) is 8.88. The van der Waals surface area contributed by atoms with Gasteiger partial charge in [0.1, 0.15) is 0 Å². The van der Waals surface area contributed by atoms with E-state index in [4.69, 9.17) is 5.73 Å². The Morgan fingerprint density at radius 2 is 1.76 bits per heavy atom. The van der Waals surface area contributed by atoms with Gasteiger partial charge in [0.25, 0.3) is 0 Å². The second kappa shape index (κ2) is 9.40. The average molecular weight is 286 g/mol. The zero-order valence-electron chi connectivity index (χ0n) is 11.4. The van der Waals surface area contributed by atoms with Gasteiger partial charge in [0.2, 0.25) is 0 Å². The Balaban J connectivity index is 0. The normalized spacial score (nSPS) is 18.4. The second-order valence-electron chi connectivity index (χ2n) is 5.60. The third kappa shape index (κ3) is 9.09. The monoisotopic (exact) mass is 285 g/mol. The van der Waals surface area contributed by atoms with Crippen LogP contribution in [0.2, 0.25) is 0 Å². The van der Waals surface area contributed by atoms with Crippen molar-refractivity contribution in [3.63, 3.8) is 0 Å². The van der Waals surface area contributed by atoms with Crippen molar-refractivity contribution >= 4 is 24.8 Å². The third-order valence-corrected chi connectivity index (χ3v) is 3.14. The topological polar surface area (TPSA) is 41.3 Å². The van der Waals surface area contributed by atoms with Crippen LogP contribution in [0.4, 0.5) is 0 Å². The fourth-order valence-electron chi connectivity index (χ4n) is 2.36. The van der Waals surface area contributed by atoms with E-state index >= 15 is 0 Å². The molecule has 0 saturated carbocycles. The van der Waals surface area contributed by atoms with Crippen molar-refractivity contribution in [2.45, 2.75) is 38.6 Å². The number of hydrogen-bond donors (Lipinski definition) is 2. The number of nitrogens with two attached hydrogens (primary N) is 1. The molecule has 0 radical (unpaired) electrons. The number of nitrogens with zero attached hydrogens (tertiary/aromatic N) is 1. The molecule has 5 heteroatoms. The van der Waals surface area contributed by atoms with E-state index in [-0.39, 0.29) is 30.4 Å². The molecule has 1 fully saturated rings. The molecule has 1 heterocycles. The van der Waals surface area contributed by atoms with Crippen molar-refractivity contribution in [3.8, 4) is 0 Å². The first-order valence-electron chi connectivity index (χ1n) is 6.17. The van der Waals surface area contributed by atoms with Crippen LogP contribution in [0.3, 0.4) is 0 Å². The van der Waals surface area contributed by atoms with Gasteiger partial charge >= 0.3 is 0 Å². The van der Waals surface area contributed by atoms with Crippen LogP contribution in [-0.4, -0.2) is 43.7 Å². The Kier molecular flexibility index (Phi) is 10.9. The van der Waals surface area contributed by atoms with Crippen LogP contribution in [0.1, 0.15) is 33.1 Å². The van der Waals surface area contributed by atoms with E-state index in [1.807, 2.05) is 7.05 Å². The molecular formula is C12H29Cl2N3. The molecule has 0 aromatic rings. The minimum Gasteiger partial charge on any atom is -0.324 e. The molecular weight excluding hydrogens is 257 g/mol. The average Bonchev–Trinajstić information content (AvgIpc) is 2.14. The lowest BCUT2D eigenvalue weighted by atomic mass is 9.92. The standard InChI is InChI=1S/C12H27N3.2ClH/c1-12(2,13)10-15-8-5-11(6-9-15)4-7-14-3;;/h11,14H,4-10,13H2,1-3H3;2*1H. The Labute approximate surface area is 119 Å². The zero-order valence-corrected chi connectivity index (χ0v) is 13.0. The van der Waals surface area contributed by atoms with E-state index in [0.29, 0.717) is 0 Å². The summed E-state index contributed by atoms with van der Waals surface area (Å²) < 4.78 is 0. The molecule has 0 spiro atoms. The minimum atomic E-state index is -0.0438. The lowest BCUT2D eigenvalue weighted by molar-refractivity contribution is 0.154. The van der Waals surface area contributed by atoms with Gasteiger partial charge in [0.15, 0.2) is 0 Å². The molecule has 0 bridgehead atoms. The number of rotatable bonds is 5. The zero-order chi connectivity index (χ0) is 11.3. The number of piperidine rings is 1. The van der Waals surface area contributed by atoms with Crippen molar-refractivity contribution in [2.24, 2.45) is 11.7 Å². The van der Waals surface area contributed by atoms with E-state index < -0.39 is 0 Å². The first-order valence-corrected chi connectivity index (χ1v) is 6.17. The number of nitrogens with one attached hydrogen (secondary N) is 1. The Hall–Kier alpha value is 0.460. The van der Waals surface area contributed by atoms with Crippen LogP contribution < -0.4 is 11.1 Å². The van der Waals surface area contributed by atoms with Gasteiger partial charge < -0.3 is 16.0 Å². The quantitative estimate of drug-likeness (QED) is 0.811. The Morgan fingerprint density at radius 3 is 2.18 bits per heavy atom. The summed E-state index contributed by atoms with van der Waals surface area (Å²) in [4.78, 5) is 2.51. The van der Waals surface area contributed by atoms with E-state index in [9.17, 15) is 0 Å². The molecule has 1 saturated heterocycles. The summed E-state index contributed by atoms with van der Waals surface area (Å²) in [6, 6.07) is 0. The molecule has 17 heavy (non-hydrogen) atoms. The van der Waals surface area contributed by atoms with Crippen LogP contribution in [0.15, 0.2) is 0 Å². The molecule has 0 aromatic heterocycles. The van der Waals surface area contributed by atoms with Crippen molar-refractivity contribution in [2.75, 3.05) is 33.2 Å². The van der Waals surface area contributed by atoms with Crippen LogP contribution in [0.5, 0.6) is 0 Å². The van der Waals surface area contributed by atoms with Crippen molar-refractivity contribution < 1.29 is 0 Å². The fourth-order valence-corrected chi connectivity index (χ4v) is 2.36. The van der Waals surface area contributed by atoms with Crippen LogP contribution in [0, 0.1) is 5.92 Å². The summed E-state index contributed by atoms with van der Waals surface area (Å²) in [6.07, 6.45) is 4.02. The molecule has 3 nitrogen and oxygen atoms in total. The van der Waals surface area contributed by atoms with Gasteiger partial charge in [0, 0.05) is 12.1 Å². The van der Waals surface area contributed by atoms with Gasteiger partial charge in [-0.05, 0) is 65.7 Å². The predicted molar refractivity (Wildman–Crippen MR) is 80.5 cm³/mol. The minimum absolute atomic E-state index is 0. The molecule has 0 amide bonds. The highest BCUT2D eigenvalue weighted by Gasteiger charge is 2.22. The van der Waals surface area contributed by atoms with Crippen LogP contribution in [-0.2, 0) is 0 Å². The number of likely N-dealkylation sites (tertiary alicyclic amines) is 1. The molecule has 1 aliphatic rings. The third-order valence-electron chi connectivity index (χ3n) is 3.14. The SMILES string of the molecule is CNCCC1CCN(CC(C)(C)N)CC1.Cl.Cl. The molecule has 0 aliphatic carbocycles. The maximum Gasteiger partial charge on any atom is 0.0226 e. The van der Waals surface area contributed by atoms with Gasteiger partial charge in [0.05, 0.1) is 0 Å². The number of halogens is 2. The summed E-state index contributed by atoms with van der Waals surface area (Å²) in [7, 11) is 2.03. The fraction of sp³-hybridized carbons (Fsp3) is 1.00. The molecule has 0 unspecified atom stereocenters. The summed E-state index contributed by atoms with van der Waals surface area (Å²) in [5.74, 6) is 0.926. The smallest absolute Gasteiger partial charge is 0.0226 e. The highest BCUT2D eigenvalue weighted by molar-refractivity contribution is 5.85. The van der Waals surface area contributed by atoms with Crippen molar-refractivity contribution in [1.29, 1.82) is 0 Å². The van der Waals surface area contributed by atoms with Crippen molar-refractivity contribution in [3.05, 3.63) is 0 Å². The largest absolute Gasteiger partial charge is 0.324 e. The second-order valence-corrected chi connectivity index (χ2v) is 5.60. The molecule has 106 valence electrons. The summed E-state index contributed by atoms with van der Waals surface area (Å²) in [5, 5.41) is 3.23. The van der Waals surface area contributed by atoms with E-state index in [1.165, 1.54) is 32.4 Å². The van der Waals surface area contributed by atoms with Gasteiger partial charge in [-0.2, -0.15) is 0 Å². The highest BCUT2D eigenvalue weighted by atomic mass is 35.5. The van der Waals surface area contributed by atoms with E-state index in [1.54, 1.807) is 0 Å². The lowest BCUT2D eigenvalue weighted by Crippen LogP contribution is -2.48. The molecule has 1 rings (SSSR count). The van der Waals surface area contributed by atoms with Crippen LogP contribution >= 0.6 is 24.8 Å². The van der Waals surface area contributed by atoms with Gasteiger partial charge in [-0.3, -0.25) is 0 Å². The number of hydrogen-bond acceptors (Lipinski definition) is 3. The van der Waals surface area contributed by atoms with Gasteiger partial charge in [-0.1, -0.05) is 0 Å². The summed E-state index contributed by atoms with van der Waals surface area (Å²) in [5.41, 5.74) is 5.99. The summed E-state index contributed by atoms with van der Waals surface area (Å²) >= 11 is 0. The maximum absolute atomic E-state index is 6.03. The van der Waals surface area contributed by atoms with Crippen LogP contribution in [0.25, 0.3) is 0 Å². The first kappa shape index (κ1) is 19.8.